The van der Waals surface area contributed by atoms with Crippen molar-refractivity contribution in [3.8, 4) is 0 Å². The maximum atomic E-state index is 12.1. The summed E-state index contributed by atoms with van der Waals surface area (Å²) in [4.78, 5) is 12.1. The van der Waals surface area contributed by atoms with Gasteiger partial charge in [-0.1, -0.05) is 31.6 Å². The average Bonchev–Trinajstić information content (AvgIpc) is 2.85. The number of allylic oxidation sites excluding steroid dienone is 3. The van der Waals surface area contributed by atoms with E-state index in [0.717, 1.165) is 24.0 Å². The number of carbonyl (C=O) groups is 1. The van der Waals surface area contributed by atoms with Gasteiger partial charge in [-0.15, -0.1) is 0 Å². The molecule has 0 amide bonds. The second-order valence-electron chi connectivity index (χ2n) is 9.25. The zero-order valence-electron chi connectivity index (χ0n) is 15.4. The van der Waals surface area contributed by atoms with Gasteiger partial charge in [-0.2, -0.15) is 0 Å². The van der Waals surface area contributed by atoms with Gasteiger partial charge >= 0.3 is 0 Å². The molecule has 4 aliphatic rings. The first-order chi connectivity index (χ1) is 11.7. The normalized spacial score (nSPS) is 51.8. The summed E-state index contributed by atoms with van der Waals surface area (Å²) < 4.78 is 0. The SMILES string of the molecule is CC(=O)C1=CCC2C3CC=C4CC(O)CC(O)C4(C)C3C(O)CC12C. The lowest BCUT2D eigenvalue weighted by Gasteiger charge is -2.60. The Morgan fingerprint density at radius 3 is 2.56 bits per heavy atom. The van der Waals surface area contributed by atoms with Gasteiger partial charge in [0.1, 0.15) is 0 Å². The maximum absolute atomic E-state index is 12.1. The maximum Gasteiger partial charge on any atom is 0.156 e. The van der Waals surface area contributed by atoms with Crippen molar-refractivity contribution in [2.75, 3.05) is 0 Å². The van der Waals surface area contributed by atoms with Crippen LogP contribution in [0.5, 0.6) is 0 Å². The lowest BCUT2D eigenvalue weighted by atomic mass is 9.46. The number of rotatable bonds is 1. The van der Waals surface area contributed by atoms with E-state index in [4.69, 9.17) is 0 Å². The van der Waals surface area contributed by atoms with Crippen LogP contribution >= 0.6 is 0 Å². The number of aliphatic hydroxyl groups is 3. The number of hydrogen-bond donors (Lipinski definition) is 3. The quantitative estimate of drug-likeness (QED) is 0.637. The molecule has 0 bridgehead atoms. The fourth-order valence-electron chi connectivity index (χ4n) is 6.94. The minimum atomic E-state index is -0.629. The summed E-state index contributed by atoms with van der Waals surface area (Å²) in [6, 6.07) is 0. The van der Waals surface area contributed by atoms with Crippen LogP contribution in [0.2, 0.25) is 0 Å². The Kier molecular flexibility index (Phi) is 3.85. The first kappa shape index (κ1) is 17.4. The van der Waals surface area contributed by atoms with Crippen LogP contribution in [-0.2, 0) is 4.79 Å². The van der Waals surface area contributed by atoms with Crippen LogP contribution in [0.4, 0.5) is 0 Å². The third kappa shape index (κ3) is 2.20. The van der Waals surface area contributed by atoms with Gasteiger partial charge in [0, 0.05) is 17.3 Å². The molecule has 25 heavy (non-hydrogen) atoms. The first-order valence-electron chi connectivity index (χ1n) is 9.65. The molecular formula is C21H30O4. The Labute approximate surface area is 149 Å². The van der Waals surface area contributed by atoms with Crippen molar-refractivity contribution < 1.29 is 20.1 Å². The summed E-state index contributed by atoms with van der Waals surface area (Å²) in [5, 5.41) is 32.1. The summed E-state index contributed by atoms with van der Waals surface area (Å²) in [6.45, 7) is 5.84. The number of hydrogen-bond acceptors (Lipinski definition) is 4. The molecule has 2 fully saturated rings. The molecular weight excluding hydrogens is 316 g/mol. The fraction of sp³-hybridized carbons (Fsp3) is 0.762. The van der Waals surface area contributed by atoms with Crippen molar-refractivity contribution in [3.63, 3.8) is 0 Å². The molecule has 0 spiro atoms. The molecule has 0 saturated heterocycles. The highest BCUT2D eigenvalue weighted by Gasteiger charge is 2.62. The Bertz CT molecular complexity index is 665. The van der Waals surface area contributed by atoms with Crippen molar-refractivity contribution in [1.29, 1.82) is 0 Å². The Morgan fingerprint density at radius 2 is 1.88 bits per heavy atom. The standard InChI is InChI=1S/C21H30O4/c1-11(22)15-6-7-16-14-5-4-12-8-13(23)9-18(25)21(12,3)19(14)17(24)10-20(15,16)2/h4,6,13-14,16-19,23-25H,5,7-10H2,1-3H3. The number of ketones is 1. The highest BCUT2D eigenvalue weighted by Crippen LogP contribution is 2.64. The van der Waals surface area contributed by atoms with E-state index in [1.807, 2.05) is 0 Å². The summed E-state index contributed by atoms with van der Waals surface area (Å²) in [7, 11) is 0. The molecule has 0 aromatic heterocycles. The number of carbonyl (C=O) groups excluding carboxylic acids is 1. The Hall–Kier alpha value is -0.970. The predicted octanol–water partition coefficient (Wildman–Crippen LogP) is 2.38. The second-order valence-corrected chi connectivity index (χ2v) is 9.25. The van der Waals surface area contributed by atoms with Crippen molar-refractivity contribution in [2.45, 2.75) is 71.2 Å². The van der Waals surface area contributed by atoms with Gasteiger partial charge in [0.25, 0.3) is 0 Å². The zero-order valence-corrected chi connectivity index (χ0v) is 15.4. The summed E-state index contributed by atoms with van der Waals surface area (Å²) in [5.74, 6) is 0.719. The largest absolute Gasteiger partial charge is 0.393 e. The van der Waals surface area contributed by atoms with E-state index in [2.05, 4.69) is 26.0 Å². The van der Waals surface area contributed by atoms with Crippen LogP contribution in [0.3, 0.4) is 0 Å². The molecule has 0 aliphatic heterocycles. The van der Waals surface area contributed by atoms with Gasteiger partial charge in [0.05, 0.1) is 18.3 Å². The van der Waals surface area contributed by atoms with Crippen LogP contribution in [0.15, 0.2) is 23.3 Å². The average molecular weight is 346 g/mol. The van der Waals surface area contributed by atoms with Crippen molar-refractivity contribution in [2.24, 2.45) is 28.6 Å². The van der Waals surface area contributed by atoms with Gasteiger partial charge in [-0.25, -0.2) is 0 Å². The molecule has 0 radical (unpaired) electrons. The molecule has 3 N–H and O–H groups in total. The fourth-order valence-corrected chi connectivity index (χ4v) is 6.94. The molecule has 4 aliphatic carbocycles. The molecule has 4 nitrogen and oxygen atoms in total. The Morgan fingerprint density at radius 1 is 1.16 bits per heavy atom. The lowest BCUT2D eigenvalue weighted by Crippen LogP contribution is -2.60. The summed E-state index contributed by atoms with van der Waals surface area (Å²) >= 11 is 0. The molecule has 4 heteroatoms. The predicted molar refractivity (Wildman–Crippen MR) is 94.6 cm³/mol. The molecule has 0 aromatic carbocycles. The smallest absolute Gasteiger partial charge is 0.156 e. The topological polar surface area (TPSA) is 77.8 Å². The molecule has 4 rings (SSSR count). The number of Topliss-reactive ketones (excluding diaryl/α,β-unsaturated/α-hetero) is 1. The zero-order chi connectivity index (χ0) is 18.1. The highest BCUT2D eigenvalue weighted by atomic mass is 16.3. The van der Waals surface area contributed by atoms with Gasteiger partial charge in [0.2, 0.25) is 0 Å². The van der Waals surface area contributed by atoms with Crippen LogP contribution in [0.1, 0.15) is 52.9 Å². The number of aliphatic hydroxyl groups excluding tert-OH is 3. The van der Waals surface area contributed by atoms with Gasteiger partial charge in [-0.3, -0.25) is 4.79 Å². The summed E-state index contributed by atoms with van der Waals surface area (Å²) in [6.07, 6.45) is 5.95. The van der Waals surface area contributed by atoms with Crippen molar-refractivity contribution in [1.82, 2.24) is 0 Å². The highest BCUT2D eigenvalue weighted by molar-refractivity contribution is 5.95. The lowest BCUT2D eigenvalue weighted by molar-refractivity contribution is -0.148. The van der Waals surface area contributed by atoms with Crippen LogP contribution in [0.25, 0.3) is 0 Å². The molecule has 138 valence electrons. The van der Waals surface area contributed by atoms with E-state index < -0.39 is 23.7 Å². The van der Waals surface area contributed by atoms with E-state index >= 15 is 0 Å². The minimum Gasteiger partial charge on any atom is -0.393 e. The first-order valence-corrected chi connectivity index (χ1v) is 9.65. The van der Waals surface area contributed by atoms with Crippen LogP contribution in [0, 0.1) is 28.6 Å². The van der Waals surface area contributed by atoms with Gasteiger partial charge < -0.3 is 15.3 Å². The molecule has 8 atom stereocenters. The summed E-state index contributed by atoms with van der Waals surface area (Å²) in [5.41, 5.74) is 1.27. The van der Waals surface area contributed by atoms with E-state index in [9.17, 15) is 20.1 Å². The number of fused-ring (bicyclic) bond motifs is 5. The molecule has 8 unspecified atom stereocenters. The van der Waals surface area contributed by atoms with Crippen molar-refractivity contribution >= 4 is 5.78 Å². The van der Waals surface area contributed by atoms with E-state index in [-0.39, 0.29) is 23.0 Å². The molecule has 0 aromatic rings. The third-order valence-corrected chi connectivity index (χ3v) is 8.08. The van der Waals surface area contributed by atoms with Crippen molar-refractivity contribution in [3.05, 3.63) is 23.3 Å². The second kappa shape index (κ2) is 5.51. The molecule has 2 saturated carbocycles. The Balaban J connectivity index is 1.75. The minimum absolute atomic E-state index is 0.00668. The molecule has 0 heterocycles. The van der Waals surface area contributed by atoms with Crippen LogP contribution < -0.4 is 0 Å². The van der Waals surface area contributed by atoms with Gasteiger partial charge in [0.15, 0.2) is 5.78 Å². The van der Waals surface area contributed by atoms with E-state index in [0.29, 0.717) is 25.2 Å². The van der Waals surface area contributed by atoms with E-state index in [1.165, 1.54) is 0 Å². The van der Waals surface area contributed by atoms with E-state index in [1.54, 1.807) is 6.92 Å². The van der Waals surface area contributed by atoms with Gasteiger partial charge in [-0.05, 0) is 55.9 Å². The third-order valence-electron chi connectivity index (χ3n) is 8.08. The monoisotopic (exact) mass is 346 g/mol. The van der Waals surface area contributed by atoms with Crippen LogP contribution in [-0.4, -0.2) is 39.4 Å².